The monoisotopic (exact) mass is 208 g/mol. The molecular weight excluding hydrogens is 188 g/mol. The van der Waals surface area contributed by atoms with Gasteiger partial charge in [0.05, 0.1) is 6.10 Å². The van der Waals surface area contributed by atoms with E-state index in [1.165, 1.54) is 0 Å². The molecule has 0 aliphatic heterocycles. The molecule has 0 saturated heterocycles. The molecule has 84 valence electrons. The third kappa shape index (κ3) is 4.02. The molecule has 1 N–H and O–H groups in total. The third-order valence-electron chi connectivity index (χ3n) is 2.46. The SMILES string of the molecule is CCCCOC(C)C(O)c1ccccc1. The zero-order valence-corrected chi connectivity index (χ0v) is 9.52. The highest BCUT2D eigenvalue weighted by atomic mass is 16.5. The Balaban J connectivity index is 2.42. The van der Waals surface area contributed by atoms with Crippen molar-refractivity contribution in [3.05, 3.63) is 35.9 Å². The molecule has 0 amide bonds. The van der Waals surface area contributed by atoms with Crippen LogP contribution >= 0.6 is 0 Å². The van der Waals surface area contributed by atoms with Gasteiger partial charge in [0.1, 0.15) is 6.10 Å². The Morgan fingerprint density at radius 2 is 1.93 bits per heavy atom. The molecule has 2 atom stereocenters. The molecule has 0 saturated carbocycles. The Labute approximate surface area is 91.9 Å². The van der Waals surface area contributed by atoms with E-state index < -0.39 is 6.10 Å². The minimum Gasteiger partial charge on any atom is -0.386 e. The van der Waals surface area contributed by atoms with E-state index in [4.69, 9.17) is 4.74 Å². The first kappa shape index (κ1) is 12.2. The molecule has 0 spiro atoms. The number of hydrogen-bond donors (Lipinski definition) is 1. The lowest BCUT2D eigenvalue weighted by Crippen LogP contribution is -2.19. The first-order chi connectivity index (χ1) is 7.25. The van der Waals surface area contributed by atoms with Gasteiger partial charge in [-0.2, -0.15) is 0 Å². The van der Waals surface area contributed by atoms with Crippen LogP contribution in [-0.2, 0) is 4.74 Å². The van der Waals surface area contributed by atoms with Gasteiger partial charge in [0.2, 0.25) is 0 Å². The van der Waals surface area contributed by atoms with E-state index in [0.29, 0.717) is 0 Å². The quantitative estimate of drug-likeness (QED) is 0.728. The summed E-state index contributed by atoms with van der Waals surface area (Å²) in [5, 5.41) is 9.96. The average Bonchev–Trinajstić information content (AvgIpc) is 2.29. The van der Waals surface area contributed by atoms with Crippen LogP contribution in [0, 0.1) is 0 Å². The van der Waals surface area contributed by atoms with Gasteiger partial charge < -0.3 is 9.84 Å². The highest BCUT2D eigenvalue weighted by Crippen LogP contribution is 2.18. The van der Waals surface area contributed by atoms with Gasteiger partial charge in [0, 0.05) is 6.61 Å². The second-order valence-electron chi connectivity index (χ2n) is 3.78. The number of hydrogen-bond acceptors (Lipinski definition) is 2. The zero-order chi connectivity index (χ0) is 11.1. The van der Waals surface area contributed by atoms with Crippen LogP contribution in [0.15, 0.2) is 30.3 Å². The van der Waals surface area contributed by atoms with Crippen LogP contribution in [0.2, 0.25) is 0 Å². The van der Waals surface area contributed by atoms with Crippen molar-refractivity contribution in [2.24, 2.45) is 0 Å². The van der Waals surface area contributed by atoms with Crippen molar-refractivity contribution in [1.29, 1.82) is 0 Å². The number of aliphatic hydroxyl groups excluding tert-OH is 1. The van der Waals surface area contributed by atoms with Gasteiger partial charge in [0.15, 0.2) is 0 Å². The number of aliphatic hydroxyl groups is 1. The fourth-order valence-electron chi connectivity index (χ4n) is 1.43. The van der Waals surface area contributed by atoms with Gasteiger partial charge in [-0.05, 0) is 18.9 Å². The summed E-state index contributed by atoms with van der Waals surface area (Å²) in [5.41, 5.74) is 0.918. The van der Waals surface area contributed by atoms with Gasteiger partial charge in [-0.15, -0.1) is 0 Å². The molecule has 0 aliphatic rings. The topological polar surface area (TPSA) is 29.5 Å². The molecule has 0 radical (unpaired) electrons. The van der Waals surface area contributed by atoms with E-state index in [1.807, 2.05) is 37.3 Å². The lowest BCUT2D eigenvalue weighted by molar-refractivity contribution is -0.0288. The molecular formula is C13H20O2. The fourth-order valence-corrected chi connectivity index (χ4v) is 1.43. The summed E-state index contributed by atoms with van der Waals surface area (Å²) in [6.45, 7) is 4.76. The number of rotatable bonds is 6. The third-order valence-corrected chi connectivity index (χ3v) is 2.46. The number of benzene rings is 1. The van der Waals surface area contributed by atoms with Gasteiger partial charge in [0.25, 0.3) is 0 Å². The summed E-state index contributed by atoms with van der Waals surface area (Å²) in [4.78, 5) is 0. The van der Waals surface area contributed by atoms with Gasteiger partial charge in [-0.1, -0.05) is 43.7 Å². The minimum absolute atomic E-state index is 0.140. The molecule has 0 aromatic heterocycles. The maximum Gasteiger partial charge on any atom is 0.105 e. The van der Waals surface area contributed by atoms with Crippen LogP contribution in [-0.4, -0.2) is 17.8 Å². The molecule has 15 heavy (non-hydrogen) atoms. The first-order valence-corrected chi connectivity index (χ1v) is 5.60. The maximum atomic E-state index is 9.96. The Hall–Kier alpha value is -0.860. The van der Waals surface area contributed by atoms with Gasteiger partial charge in [-0.3, -0.25) is 0 Å². The Bertz CT molecular complexity index is 258. The average molecular weight is 208 g/mol. The molecule has 2 heteroatoms. The Morgan fingerprint density at radius 1 is 1.27 bits per heavy atom. The summed E-state index contributed by atoms with van der Waals surface area (Å²) in [7, 11) is 0. The lowest BCUT2D eigenvalue weighted by atomic mass is 10.1. The van der Waals surface area contributed by atoms with Crippen LogP contribution in [0.1, 0.15) is 38.4 Å². The van der Waals surface area contributed by atoms with E-state index in [-0.39, 0.29) is 6.10 Å². The molecule has 0 fully saturated rings. The van der Waals surface area contributed by atoms with E-state index >= 15 is 0 Å². The molecule has 2 nitrogen and oxygen atoms in total. The Kier molecular flexibility index (Phi) is 5.37. The molecule has 1 aromatic rings. The van der Waals surface area contributed by atoms with Crippen molar-refractivity contribution >= 4 is 0 Å². The smallest absolute Gasteiger partial charge is 0.105 e. The van der Waals surface area contributed by atoms with Crippen LogP contribution < -0.4 is 0 Å². The zero-order valence-electron chi connectivity index (χ0n) is 9.52. The highest BCUT2D eigenvalue weighted by Gasteiger charge is 2.15. The van der Waals surface area contributed by atoms with Crippen LogP contribution in [0.5, 0.6) is 0 Å². The second-order valence-corrected chi connectivity index (χ2v) is 3.78. The van der Waals surface area contributed by atoms with Gasteiger partial charge >= 0.3 is 0 Å². The molecule has 0 bridgehead atoms. The first-order valence-electron chi connectivity index (χ1n) is 5.60. The van der Waals surface area contributed by atoms with E-state index in [0.717, 1.165) is 25.0 Å². The van der Waals surface area contributed by atoms with E-state index in [2.05, 4.69) is 6.92 Å². The van der Waals surface area contributed by atoms with E-state index in [9.17, 15) is 5.11 Å². The molecule has 0 heterocycles. The van der Waals surface area contributed by atoms with Crippen LogP contribution in [0.3, 0.4) is 0 Å². The molecule has 1 aromatic carbocycles. The van der Waals surface area contributed by atoms with Crippen LogP contribution in [0.4, 0.5) is 0 Å². The lowest BCUT2D eigenvalue weighted by Gasteiger charge is -2.19. The summed E-state index contributed by atoms with van der Waals surface area (Å²) in [5.74, 6) is 0. The summed E-state index contributed by atoms with van der Waals surface area (Å²) >= 11 is 0. The number of unbranched alkanes of at least 4 members (excludes halogenated alkanes) is 1. The summed E-state index contributed by atoms with van der Waals surface area (Å²) < 4.78 is 5.55. The van der Waals surface area contributed by atoms with Crippen molar-refractivity contribution in [3.63, 3.8) is 0 Å². The van der Waals surface area contributed by atoms with Crippen molar-refractivity contribution in [3.8, 4) is 0 Å². The van der Waals surface area contributed by atoms with Crippen molar-refractivity contribution in [2.45, 2.75) is 38.9 Å². The van der Waals surface area contributed by atoms with Crippen LogP contribution in [0.25, 0.3) is 0 Å². The molecule has 0 aliphatic carbocycles. The largest absolute Gasteiger partial charge is 0.386 e. The fraction of sp³-hybridized carbons (Fsp3) is 0.538. The van der Waals surface area contributed by atoms with Gasteiger partial charge in [-0.25, -0.2) is 0 Å². The summed E-state index contributed by atoms with van der Waals surface area (Å²) in [6, 6.07) is 9.64. The summed E-state index contributed by atoms with van der Waals surface area (Å²) in [6.07, 6.45) is 1.50. The molecule has 1 rings (SSSR count). The number of ether oxygens (including phenoxy) is 1. The Morgan fingerprint density at radius 3 is 2.53 bits per heavy atom. The normalized spacial score (nSPS) is 14.9. The predicted octanol–water partition coefficient (Wildman–Crippen LogP) is 2.93. The maximum absolute atomic E-state index is 9.96. The molecule has 2 unspecified atom stereocenters. The van der Waals surface area contributed by atoms with Crippen molar-refractivity contribution < 1.29 is 9.84 Å². The van der Waals surface area contributed by atoms with Crippen molar-refractivity contribution in [1.82, 2.24) is 0 Å². The van der Waals surface area contributed by atoms with E-state index in [1.54, 1.807) is 0 Å². The highest BCUT2D eigenvalue weighted by molar-refractivity contribution is 5.18. The standard InChI is InChI=1S/C13H20O2/c1-3-4-10-15-11(2)13(14)12-8-6-5-7-9-12/h5-9,11,13-14H,3-4,10H2,1-2H3. The minimum atomic E-state index is -0.525. The second kappa shape index (κ2) is 6.59. The van der Waals surface area contributed by atoms with Crippen molar-refractivity contribution in [2.75, 3.05) is 6.61 Å². The predicted molar refractivity (Wildman–Crippen MR) is 61.7 cm³/mol.